The Morgan fingerprint density at radius 3 is 2.23 bits per heavy atom. The maximum absolute atomic E-state index is 5.97. The summed E-state index contributed by atoms with van der Waals surface area (Å²) >= 11 is 0. The van der Waals surface area contributed by atoms with E-state index in [1.807, 2.05) is 18.2 Å². The summed E-state index contributed by atoms with van der Waals surface area (Å²) in [6.07, 6.45) is 3.55. The van der Waals surface area contributed by atoms with Crippen molar-refractivity contribution in [2.75, 3.05) is 54.8 Å². The molecule has 1 fully saturated rings. The van der Waals surface area contributed by atoms with Gasteiger partial charge < -0.3 is 20.0 Å². The molecule has 1 aromatic carbocycles. The van der Waals surface area contributed by atoms with Crippen LogP contribution in [0.25, 0.3) is 11.0 Å². The molecular weight excluding hydrogens is 378 g/mol. The zero-order chi connectivity index (χ0) is 20.8. The Bertz CT molecular complexity index is 944. The van der Waals surface area contributed by atoms with Crippen LogP contribution in [0.5, 0.6) is 0 Å². The number of piperazine rings is 1. The summed E-state index contributed by atoms with van der Waals surface area (Å²) in [5.41, 5.74) is 0.940. The first-order chi connectivity index (χ1) is 14.7. The van der Waals surface area contributed by atoms with Gasteiger partial charge in [-0.2, -0.15) is 15.0 Å². The number of furan rings is 1. The molecule has 156 valence electrons. The van der Waals surface area contributed by atoms with Crippen LogP contribution in [0.2, 0.25) is 0 Å². The van der Waals surface area contributed by atoms with Crippen molar-refractivity contribution in [2.24, 2.45) is 0 Å². The molecule has 0 saturated carbocycles. The molecule has 4 rings (SSSR count). The predicted octanol–water partition coefficient (Wildman–Crippen LogP) is 3.14. The predicted molar refractivity (Wildman–Crippen MR) is 121 cm³/mol. The molecule has 0 atom stereocenters. The number of hydrogen-bond acceptors (Lipinski definition) is 8. The van der Waals surface area contributed by atoms with Gasteiger partial charge in [-0.1, -0.05) is 30.4 Å². The van der Waals surface area contributed by atoms with Gasteiger partial charge in [0.15, 0.2) is 0 Å². The molecule has 0 aliphatic carbocycles. The van der Waals surface area contributed by atoms with Crippen LogP contribution in [0.4, 0.5) is 17.8 Å². The second kappa shape index (κ2) is 9.41. The summed E-state index contributed by atoms with van der Waals surface area (Å²) in [5, 5.41) is 7.45. The topological polar surface area (TPSA) is 82.4 Å². The third-order valence-electron chi connectivity index (χ3n) is 4.94. The molecule has 2 N–H and O–H groups in total. The molecule has 1 aliphatic heterocycles. The molecule has 1 saturated heterocycles. The summed E-state index contributed by atoms with van der Waals surface area (Å²) in [4.78, 5) is 18.2. The Kier molecular flexibility index (Phi) is 6.24. The van der Waals surface area contributed by atoms with E-state index in [4.69, 9.17) is 4.42 Å². The van der Waals surface area contributed by atoms with E-state index in [0.29, 0.717) is 30.9 Å². The van der Waals surface area contributed by atoms with Crippen LogP contribution in [0.3, 0.4) is 0 Å². The van der Waals surface area contributed by atoms with Crippen molar-refractivity contribution in [3.63, 3.8) is 0 Å². The number of rotatable bonds is 9. The Labute approximate surface area is 176 Å². The van der Waals surface area contributed by atoms with E-state index in [1.54, 1.807) is 12.2 Å². The first-order valence-corrected chi connectivity index (χ1v) is 10.2. The van der Waals surface area contributed by atoms with E-state index in [2.05, 4.69) is 60.7 Å². The lowest BCUT2D eigenvalue weighted by Crippen LogP contribution is -2.46. The maximum atomic E-state index is 5.97. The second-order valence-electron chi connectivity index (χ2n) is 7.14. The Hall–Kier alpha value is -3.39. The quantitative estimate of drug-likeness (QED) is 0.526. The molecule has 8 nitrogen and oxygen atoms in total. The van der Waals surface area contributed by atoms with Gasteiger partial charge in [0.25, 0.3) is 0 Å². The van der Waals surface area contributed by atoms with Gasteiger partial charge >= 0.3 is 0 Å². The van der Waals surface area contributed by atoms with Gasteiger partial charge in [0.05, 0.1) is 6.54 Å². The van der Waals surface area contributed by atoms with Crippen LogP contribution in [0, 0.1) is 0 Å². The summed E-state index contributed by atoms with van der Waals surface area (Å²) in [5.74, 6) is 2.75. The van der Waals surface area contributed by atoms with Crippen molar-refractivity contribution >= 4 is 28.8 Å². The van der Waals surface area contributed by atoms with Crippen molar-refractivity contribution in [3.8, 4) is 0 Å². The molecule has 3 heterocycles. The van der Waals surface area contributed by atoms with E-state index < -0.39 is 0 Å². The fourth-order valence-corrected chi connectivity index (χ4v) is 3.43. The van der Waals surface area contributed by atoms with E-state index in [1.165, 1.54) is 0 Å². The standard InChI is InChI=1S/C22H27N7O/c1-3-9-23-20-25-21(24-10-4-2)27-22(26-20)29-13-11-28(12-14-29)16-18-15-17-7-5-6-8-19(17)30-18/h3-8,15H,1-2,9-14,16H2,(H2,23,24,25,26,27). The highest BCUT2D eigenvalue weighted by Gasteiger charge is 2.21. The fraction of sp³-hybridized carbons (Fsp3) is 0.318. The molecule has 0 amide bonds. The van der Waals surface area contributed by atoms with Crippen LogP contribution < -0.4 is 15.5 Å². The third-order valence-corrected chi connectivity index (χ3v) is 4.94. The number of fused-ring (bicyclic) bond motifs is 1. The Balaban J connectivity index is 1.40. The number of nitrogens with one attached hydrogen (secondary N) is 2. The Morgan fingerprint density at radius 2 is 1.60 bits per heavy atom. The van der Waals surface area contributed by atoms with Gasteiger partial charge in [-0.15, -0.1) is 13.2 Å². The first kappa shape index (κ1) is 19.9. The molecule has 0 bridgehead atoms. The average Bonchev–Trinajstić information content (AvgIpc) is 3.19. The van der Waals surface area contributed by atoms with E-state index in [-0.39, 0.29) is 0 Å². The lowest BCUT2D eigenvalue weighted by molar-refractivity contribution is 0.232. The molecular formula is C22H27N7O. The average molecular weight is 406 g/mol. The molecule has 0 unspecified atom stereocenters. The lowest BCUT2D eigenvalue weighted by atomic mass is 10.2. The molecule has 2 aromatic heterocycles. The zero-order valence-corrected chi connectivity index (χ0v) is 17.0. The fourth-order valence-electron chi connectivity index (χ4n) is 3.43. The smallest absolute Gasteiger partial charge is 0.232 e. The van der Waals surface area contributed by atoms with Gasteiger partial charge in [-0.25, -0.2) is 0 Å². The third kappa shape index (κ3) is 4.77. The number of anilines is 3. The molecule has 0 radical (unpaired) electrons. The number of aromatic nitrogens is 3. The Morgan fingerprint density at radius 1 is 0.933 bits per heavy atom. The largest absolute Gasteiger partial charge is 0.460 e. The van der Waals surface area contributed by atoms with Gasteiger partial charge in [-0.05, 0) is 12.1 Å². The summed E-state index contributed by atoms with van der Waals surface area (Å²) in [7, 11) is 0. The second-order valence-corrected chi connectivity index (χ2v) is 7.14. The highest BCUT2D eigenvalue weighted by atomic mass is 16.3. The molecule has 1 aliphatic rings. The van der Waals surface area contributed by atoms with Crippen LogP contribution >= 0.6 is 0 Å². The van der Waals surface area contributed by atoms with Crippen LogP contribution in [-0.2, 0) is 6.54 Å². The van der Waals surface area contributed by atoms with E-state index >= 15 is 0 Å². The molecule has 0 spiro atoms. The van der Waals surface area contributed by atoms with Crippen LogP contribution in [0.15, 0.2) is 60.1 Å². The van der Waals surface area contributed by atoms with E-state index in [0.717, 1.165) is 49.5 Å². The highest BCUT2D eigenvalue weighted by molar-refractivity contribution is 5.77. The van der Waals surface area contributed by atoms with Crippen molar-refractivity contribution in [2.45, 2.75) is 6.54 Å². The molecule has 3 aromatic rings. The van der Waals surface area contributed by atoms with Gasteiger partial charge in [-0.3, -0.25) is 4.90 Å². The van der Waals surface area contributed by atoms with Crippen LogP contribution in [0.1, 0.15) is 5.76 Å². The van der Waals surface area contributed by atoms with Crippen molar-refractivity contribution in [1.82, 2.24) is 19.9 Å². The minimum atomic E-state index is 0.538. The normalized spacial score (nSPS) is 14.6. The van der Waals surface area contributed by atoms with Crippen molar-refractivity contribution in [1.29, 1.82) is 0 Å². The van der Waals surface area contributed by atoms with Gasteiger partial charge in [0, 0.05) is 44.7 Å². The highest BCUT2D eigenvalue weighted by Crippen LogP contribution is 2.21. The minimum Gasteiger partial charge on any atom is -0.460 e. The van der Waals surface area contributed by atoms with Crippen molar-refractivity contribution < 1.29 is 4.42 Å². The van der Waals surface area contributed by atoms with E-state index in [9.17, 15) is 0 Å². The monoisotopic (exact) mass is 405 g/mol. The zero-order valence-electron chi connectivity index (χ0n) is 17.0. The van der Waals surface area contributed by atoms with Crippen LogP contribution in [-0.4, -0.2) is 59.1 Å². The van der Waals surface area contributed by atoms with Gasteiger partial charge in [0.1, 0.15) is 11.3 Å². The maximum Gasteiger partial charge on any atom is 0.232 e. The van der Waals surface area contributed by atoms with Gasteiger partial charge in [0.2, 0.25) is 17.8 Å². The number of nitrogens with zero attached hydrogens (tertiary/aromatic N) is 5. The summed E-state index contributed by atoms with van der Waals surface area (Å²) in [6, 6.07) is 10.2. The summed E-state index contributed by atoms with van der Waals surface area (Å²) in [6.45, 7) is 12.9. The lowest BCUT2D eigenvalue weighted by Gasteiger charge is -2.34. The number of benzene rings is 1. The molecule has 8 heteroatoms. The minimum absolute atomic E-state index is 0.538. The number of para-hydroxylation sites is 1. The van der Waals surface area contributed by atoms with Crippen molar-refractivity contribution in [3.05, 3.63) is 61.4 Å². The first-order valence-electron chi connectivity index (χ1n) is 10.2. The number of hydrogen-bond donors (Lipinski definition) is 2. The SMILES string of the molecule is C=CCNc1nc(NCC=C)nc(N2CCN(Cc3cc4ccccc4o3)CC2)n1. The summed E-state index contributed by atoms with van der Waals surface area (Å²) < 4.78 is 5.97. The molecule has 30 heavy (non-hydrogen) atoms.